The largest absolute Gasteiger partial charge is 0.494 e. The van der Waals surface area contributed by atoms with Crippen molar-refractivity contribution in [3.8, 4) is 11.5 Å². The highest BCUT2D eigenvalue weighted by Crippen LogP contribution is 2.16. The van der Waals surface area contributed by atoms with Crippen molar-refractivity contribution < 1.29 is 19.1 Å². The Morgan fingerprint density at radius 1 is 0.824 bits per heavy atom. The van der Waals surface area contributed by atoms with Crippen LogP contribution in [0.5, 0.6) is 11.5 Å². The first-order valence-corrected chi connectivity index (χ1v) is 11.1. The highest BCUT2D eigenvalue weighted by molar-refractivity contribution is 5.93. The zero-order chi connectivity index (χ0) is 24.2. The molecule has 7 heteroatoms. The normalized spacial score (nSPS) is 10.6. The van der Waals surface area contributed by atoms with Gasteiger partial charge in [-0.3, -0.25) is 9.59 Å². The fourth-order valence-corrected chi connectivity index (χ4v) is 2.99. The molecule has 0 aliphatic carbocycles. The molecule has 0 aliphatic rings. The van der Waals surface area contributed by atoms with Crippen LogP contribution >= 0.6 is 0 Å². The lowest BCUT2D eigenvalue weighted by atomic mass is 10.2. The molecule has 3 aromatic rings. The van der Waals surface area contributed by atoms with E-state index in [0.717, 1.165) is 22.6 Å². The summed E-state index contributed by atoms with van der Waals surface area (Å²) in [7, 11) is 0. The van der Waals surface area contributed by atoms with E-state index < -0.39 is 0 Å². The van der Waals surface area contributed by atoms with E-state index in [-0.39, 0.29) is 24.7 Å². The molecule has 0 saturated carbocycles. The Labute approximate surface area is 199 Å². The van der Waals surface area contributed by atoms with Gasteiger partial charge in [-0.15, -0.1) is 0 Å². The van der Waals surface area contributed by atoms with Gasteiger partial charge < -0.3 is 14.8 Å². The van der Waals surface area contributed by atoms with Crippen molar-refractivity contribution in [3.63, 3.8) is 0 Å². The maximum absolute atomic E-state index is 12.0. The molecule has 0 saturated heterocycles. The summed E-state index contributed by atoms with van der Waals surface area (Å²) in [5.41, 5.74) is 6.23. The van der Waals surface area contributed by atoms with Crippen molar-refractivity contribution in [1.29, 1.82) is 0 Å². The van der Waals surface area contributed by atoms with Crippen molar-refractivity contribution in [2.24, 2.45) is 5.10 Å². The van der Waals surface area contributed by atoms with Crippen molar-refractivity contribution in [3.05, 3.63) is 89.5 Å². The molecule has 3 aromatic carbocycles. The number of hydrogen-bond acceptors (Lipinski definition) is 5. The summed E-state index contributed by atoms with van der Waals surface area (Å²) in [5.74, 6) is 0.906. The molecule has 2 N–H and O–H groups in total. The zero-order valence-corrected chi connectivity index (χ0v) is 19.4. The Bertz CT molecular complexity index is 1090. The molecule has 7 nitrogen and oxygen atoms in total. The number of rotatable bonds is 11. The van der Waals surface area contributed by atoms with E-state index in [1.54, 1.807) is 30.5 Å². The first-order valence-electron chi connectivity index (χ1n) is 11.1. The van der Waals surface area contributed by atoms with Gasteiger partial charge in [0.05, 0.1) is 12.8 Å². The van der Waals surface area contributed by atoms with E-state index in [2.05, 4.69) is 34.9 Å². The van der Waals surface area contributed by atoms with E-state index in [1.165, 1.54) is 5.56 Å². The van der Waals surface area contributed by atoms with Crippen molar-refractivity contribution in [1.82, 2.24) is 5.43 Å². The van der Waals surface area contributed by atoms with Gasteiger partial charge in [0.2, 0.25) is 11.8 Å². The van der Waals surface area contributed by atoms with Gasteiger partial charge in [0.1, 0.15) is 18.1 Å². The number of hydrogen-bond donors (Lipinski definition) is 2. The zero-order valence-electron chi connectivity index (χ0n) is 19.4. The molecular weight excluding hydrogens is 430 g/mol. The van der Waals surface area contributed by atoms with Crippen LogP contribution in [0.2, 0.25) is 0 Å². The average Bonchev–Trinajstić information content (AvgIpc) is 2.85. The predicted octanol–water partition coefficient (Wildman–Crippen LogP) is 4.84. The molecule has 34 heavy (non-hydrogen) atoms. The molecule has 2 amide bonds. The maximum Gasteiger partial charge on any atom is 0.240 e. The topological polar surface area (TPSA) is 89.0 Å². The Balaban J connectivity index is 1.36. The molecule has 0 spiro atoms. The summed E-state index contributed by atoms with van der Waals surface area (Å²) in [4.78, 5) is 24.0. The number of hydrazone groups is 1. The Morgan fingerprint density at radius 2 is 1.44 bits per heavy atom. The molecule has 0 aromatic heterocycles. The van der Waals surface area contributed by atoms with Gasteiger partial charge in [0.25, 0.3) is 0 Å². The molecule has 0 aliphatic heterocycles. The number of carbonyl (C=O) groups excluding carboxylic acids is 2. The molecule has 176 valence electrons. The van der Waals surface area contributed by atoms with Gasteiger partial charge in [0, 0.05) is 18.5 Å². The number of ether oxygens (including phenoxy) is 2. The predicted molar refractivity (Wildman–Crippen MR) is 133 cm³/mol. The Kier molecular flexibility index (Phi) is 9.22. The SMILES string of the molecule is CCOc1ccc(NC(=O)CCC(=O)NN=Cc2ccc(OCc3ccc(C)cc3)cc2)cc1. The lowest BCUT2D eigenvalue weighted by Crippen LogP contribution is -2.20. The molecular formula is C27H29N3O4. The fraction of sp³-hybridized carbons (Fsp3) is 0.222. The number of nitrogens with one attached hydrogen (secondary N) is 2. The highest BCUT2D eigenvalue weighted by Gasteiger charge is 2.07. The third kappa shape index (κ3) is 8.43. The number of anilines is 1. The van der Waals surface area contributed by atoms with Gasteiger partial charge in [-0.1, -0.05) is 29.8 Å². The molecule has 0 heterocycles. The third-order valence-corrected chi connectivity index (χ3v) is 4.84. The van der Waals surface area contributed by atoms with E-state index >= 15 is 0 Å². The lowest BCUT2D eigenvalue weighted by Gasteiger charge is -2.07. The summed E-state index contributed by atoms with van der Waals surface area (Å²) in [5, 5.41) is 6.70. The summed E-state index contributed by atoms with van der Waals surface area (Å²) in [6.07, 6.45) is 1.63. The minimum atomic E-state index is -0.337. The van der Waals surface area contributed by atoms with Crippen LogP contribution < -0.4 is 20.2 Å². The lowest BCUT2D eigenvalue weighted by molar-refractivity contribution is -0.124. The van der Waals surface area contributed by atoms with Crippen LogP contribution in [0.3, 0.4) is 0 Å². The van der Waals surface area contributed by atoms with Crippen LogP contribution in [0, 0.1) is 6.92 Å². The van der Waals surface area contributed by atoms with Crippen molar-refractivity contribution in [2.45, 2.75) is 33.3 Å². The van der Waals surface area contributed by atoms with Gasteiger partial charge in [-0.25, -0.2) is 5.43 Å². The Morgan fingerprint density at radius 3 is 2.12 bits per heavy atom. The van der Waals surface area contributed by atoms with Crippen LogP contribution in [0.15, 0.2) is 77.9 Å². The molecule has 0 unspecified atom stereocenters. The van der Waals surface area contributed by atoms with E-state index in [0.29, 0.717) is 18.9 Å². The quantitative estimate of drug-likeness (QED) is 0.317. The van der Waals surface area contributed by atoms with Gasteiger partial charge in [0.15, 0.2) is 0 Å². The number of nitrogens with zero attached hydrogens (tertiary/aromatic N) is 1. The first-order chi connectivity index (χ1) is 16.5. The maximum atomic E-state index is 12.0. The summed E-state index contributed by atoms with van der Waals surface area (Å²) >= 11 is 0. The molecule has 0 radical (unpaired) electrons. The molecule has 0 fully saturated rings. The van der Waals surface area contributed by atoms with Crippen LogP contribution in [0.1, 0.15) is 36.5 Å². The van der Waals surface area contributed by atoms with Crippen molar-refractivity contribution in [2.75, 3.05) is 11.9 Å². The van der Waals surface area contributed by atoms with Crippen LogP contribution in [0.4, 0.5) is 5.69 Å². The van der Waals surface area contributed by atoms with Crippen molar-refractivity contribution >= 4 is 23.7 Å². The third-order valence-electron chi connectivity index (χ3n) is 4.84. The summed E-state index contributed by atoms with van der Waals surface area (Å²) < 4.78 is 11.2. The molecule has 0 bridgehead atoms. The highest BCUT2D eigenvalue weighted by atomic mass is 16.5. The number of benzene rings is 3. The second-order valence-corrected chi connectivity index (χ2v) is 7.64. The van der Waals surface area contributed by atoms with Gasteiger partial charge in [-0.05, 0) is 73.5 Å². The fourth-order valence-electron chi connectivity index (χ4n) is 2.99. The van der Waals surface area contributed by atoms with Crippen LogP contribution in [-0.4, -0.2) is 24.6 Å². The minimum Gasteiger partial charge on any atom is -0.494 e. The smallest absolute Gasteiger partial charge is 0.240 e. The van der Waals surface area contributed by atoms with Crippen LogP contribution in [-0.2, 0) is 16.2 Å². The monoisotopic (exact) mass is 459 g/mol. The standard InChI is InChI=1S/C27H29N3O4/c1-3-33-24-14-10-23(11-15-24)29-26(31)16-17-27(32)30-28-18-21-8-12-25(13-9-21)34-19-22-6-4-20(2)5-7-22/h4-15,18H,3,16-17,19H2,1-2H3,(H,29,31)(H,30,32). The second-order valence-electron chi connectivity index (χ2n) is 7.64. The molecule has 0 atom stereocenters. The number of carbonyl (C=O) groups is 2. The Hall–Kier alpha value is -4.13. The number of amides is 2. The van der Waals surface area contributed by atoms with Gasteiger partial charge >= 0.3 is 0 Å². The van der Waals surface area contributed by atoms with Crippen LogP contribution in [0.25, 0.3) is 0 Å². The van der Waals surface area contributed by atoms with E-state index in [9.17, 15) is 9.59 Å². The van der Waals surface area contributed by atoms with Gasteiger partial charge in [-0.2, -0.15) is 5.10 Å². The number of aryl methyl sites for hydroxylation is 1. The summed E-state index contributed by atoms with van der Waals surface area (Å²) in [6.45, 7) is 5.03. The molecule has 3 rings (SSSR count). The average molecular weight is 460 g/mol. The van der Waals surface area contributed by atoms with E-state index in [4.69, 9.17) is 9.47 Å². The minimum absolute atomic E-state index is 0.0337. The van der Waals surface area contributed by atoms with E-state index in [1.807, 2.05) is 43.3 Å². The second kappa shape index (κ2) is 12.8. The summed E-state index contributed by atoms with van der Waals surface area (Å²) in [6, 6.07) is 22.7. The first kappa shape index (κ1) is 24.5.